The van der Waals surface area contributed by atoms with Gasteiger partial charge in [-0.3, -0.25) is 9.69 Å². The molecule has 4 rings (SSSR count). The van der Waals surface area contributed by atoms with Gasteiger partial charge in [-0.25, -0.2) is 0 Å². The summed E-state index contributed by atoms with van der Waals surface area (Å²) in [6.45, 7) is 3.01. The quantitative estimate of drug-likeness (QED) is 0.703. The Morgan fingerprint density at radius 1 is 1.16 bits per heavy atom. The summed E-state index contributed by atoms with van der Waals surface area (Å²) in [6, 6.07) is 19.0. The number of methoxy groups -OCH3 is 1. The van der Waals surface area contributed by atoms with Crippen molar-refractivity contribution < 1.29 is 9.53 Å². The van der Waals surface area contributed by atoms with E-state index in [2.05, 4.69) is 70.9 Å². The first-order valence-corrected chi connectivity index (χ1v) is 12.4. The molecule has 0 bridgehead atoms. The number of nitrogens with zero attached hydrogens (tertiary/aromatic N) is 1. The molecule has 2 aliphatic rings. The highest BCUT2D eigenvalue weighted by molar-refractivity contribution is 7.99. The molecule has 31 heavy (non-hydrogen) atoms. The number of ether oxygens (including phenoxy) is 1. The number of nitrogens with one attached hydrogen (secondary N) is 1. The Balaban J connectivity index is 1.48. The minimum absolute atomic E-state index is 0.0299. The molecular formula is C26H32N2O2S. The SMILES string of the molecule is CO[C@H]1[C@H](NC(=O)CSC)c2ccccc2C12CCN(C/C=C/c1ccccc1)CC2. The first-order valence-electron chi connectivity index (χ1n) is 11.0. The van der Waals surface area contributed by atoms with Crippen LogP contribution in [0.3, 0.4) is 0 Å². The molecule has 1 aliphatic carbocycles. The molecular weight excluding hydrogens is 404 g/mol. The Hall–Kier alpha value is -2.08. The number of carbonyl (C=O) groups excluding carboxylic acids is 1. The van der Waals surface area contributed by atoms with E-state index in [-0.39, 0.29) is 23.5 Å². The van der Waals surface area contributed by atoms with Crippen LogP contribution in [0.25, 0.3) is 6.08 Å². The molecule has 0 saturated carbocycles. The molecule has 1 aliphatic heterocycles. The molecule has 1 heterocycles. The zero-order valence-electron chi connectivity index (χ0n) is 18.4. The lowest BCUT2D eigenvalue weighted by Gasteiger charge is -2.44. The van der Waals surface area contributed by atoms with Gasteiger partial charge in [0, 0.05) is 19.1 Å². The van der Waals surface area contributed by atoms with Crippen molar-refractivity contribution in [2.75, 3.05) is 38.8 Å². The maximum absolute atomic E-state index is 12.4. The van der Waals surface area contributed by atoms with Crippen molar-refractivity contribution in [1.29, 1.82) is 0 Å². The number of benzene rings is 2. The van der Waals surface area contributed by atoms with E-state index in [9.17, 15) is 4.79 Å². The standard InChI is InChI=1S/C26H32N2O2S/c1-30-25-24(27-23(29)19-31-2)21-12-6-7-13-22(21)26(25)14-17-28(18-15-26)16-8-11-20-9-4-3-5-10-20/h3-13,24-25H,14-19H2,1-2H3,(H,27,29)/b11-8+/t24-,25+/m1/s1. The fourth-order valence-electron chi connectivity index (χ4n) is 5.31. The zero-order chi connectivity index (χ0) is 21.7. The lowest BCUT2D eigenvalue weighted by molar-refractivity contribution is -0.120. The second-order valence-electron chi connectivity index (χ2n) is 8.49. The summed E-state index contributed by atoms with van der Waals surface area (Å²) in [6.07, 6.45) is 8.46. The number of rotatable bonds is 7. The number of likely N-dealkylation sites (tertiary alicyclic amines) is 1. The van der Waals surface area contributed by atoms with Crippen LogP contribution < -0.4 is 5.32 Å². The normalized spacial score (nSPS) is 22.6. The molecule has 1 spiro atoms. The first-order chi connectivity index (χ1) is 15.2. The smallest absolute Gasteiger partial charge is 0.230 e. The Labute approximate surface area is 190 Å². The number of carbonyl (C=O) groups is 1. The van der Waals surface area contributed by atoms with Crippen LogP contribution in [0, 0.1) is 0 Å². The molecule has 0 unspecified atom stereocenters. The summed E-state index contributed by atoms with van der Waals surface area (Å²) in [5, 5.41) is 3.26. The Morgan fingerprint density at radius 3 is 2.58 bits per heavy atom. The zero-order valence-corrected chi connectivity index (χ0v) is 19.2. The Bertz CT molecular complexity index is 907. The maximum Gasteiger partial charge on any atom is 0.230 e. The largest absolute Gasteiger partial charge is 0.378 e. The van der Waals surface area contributed by atoms with Gasteiger partial charge in [0.15, 0.2) is 0 Å². The van der Waals surface area contributed by atoms with Crippen molar-refractivity contribution in [3.8, 4) is 0 Å². The van der Waals surface area contributed by atoms with E-state index in [1.807, 2.05) is 12.3 Å². The molecule has 164 valence electrons. The average molecular weight is 437 g/mol. The summed E-state index contributed by atoms with van der Waals surface area (Å²) in [4.78, 5) is 14.9. The summed E-state index contributed by atoms with van der Waals surface area (Å²) in [7, 11) is 1.79. The minimum Gasteiger partial charge on any atom is -0.378 e. The lowest BCUT2D eigenvalue weighted by Crippen LogP contribution is -2.50. The fraction of sp³-hybridized carbons (Fsp3) is 0.423. The van der Waals surface area contributed by atoms with Gasteiger partial charge in [0.25, 0.3) is 0 Å². The summed E-state index contributed by atoms with van der Waals surface area (Å²) < 4.78 is 6.10. The molecule has 1 amide bonds. The second-order valence-corrected chi connectivity index (χ2v) is 9.36. The van der Waals surface area contributed by atoms with Crippen LogP contribution in [-0.2, 0) is 14.9 Å². The van der Waals surface area contributed by atoms with Crippen LogP contribution in [0.15, 0.2) is 60.7 Å². The van der Waals surface area contributed by atoms with Crippen molar-refractivity contribution in [3.05, 3.63) is 77.4 Å². The predicted octanol–water partition coefficient (Wildman–Crippen LogP) is 4.28. The van der Waals surface area contributed by atoms with Crippen LogP contribution in [0.5, 0.6) is 0 Å². The highest BCUT2D eigenvalue weighted by atomic mass is 32.2. The summed E-state index contributed by atoms with van der Waals surface area (Å²) >= 11 is 1.55. The fourth-order valence-corrected chi connectivity index (χ4v) is 5.65. The molecule has 2 aromatic rings. The molecule has 5 heteroatoms. The number of fused-ring (bicyclic) bond motifs is 2. The van der Waals surface area contributed by atoms with Crippen molar-refractivity contribution in [1.82, 2.24) is 10.2 Å². The van der Waals surface area contributed by atoms with E-state index in [0.717, 1.165) is 32.5 Å². The molecule has 0 radical (unpaired) electrons. The van der Waals surface area contributed by atoms with E-state index in [1.54, 1.807) is 18.9 Å². The first kappa shape index (κ1) is 22.1. The molecule has 1 fully saturated rings. The number of hydrogen-bond donors (Lipinski definition) is 1. The highest BCUT2D eigenvalue weighted by Crippen LogP contribution is 2.52. The molecule has 0 aromatic heterocycles. The van der Waals surface area contributed by atoms with Gasteiger partial charge in [0.05, 0.1) is 17.9 Å². The van der Waals surface area contributed by atoms with Crippen LogP contribution in [-0.4, -0.2) is 55.7 Å². The topological polar surface area (TPSA) is 41.6 Å². The third-order valence-corrected chi connectivity index (χ3v) is 7.30. The van der Waals surface area contributed by atoms with E-state index in [4.69, 9.17) is 4.74 Å². The maximum atomic E-state index is 12.4. The summed E-state index contributed by atoms with van der Waals surface area (Å²) in [5.74, 6) is 0.554. The minimum atomic E-state index is -0.0784. The number of thioether (sulfide) groups is 1. The van der Waals surface area contributed by atoms with E-state index in [0.29, 0.717) is 5.75 Å². The lowest BCUT2D eigenvalue weighted by atomic mass is 9.72. The van der Waals surface area contributed by atoms with Gasteiger partial charge in [-0.1, -0.05) is 66.7 Å². The van der Waals surface area contributed by atoms with Gasteiger partial charge >= 0.3 is 0 Å². The van der Waals surface area contributed by atoms with Crippen molar-refractivity contribution in [2.45, 2.75) is 30.4 Å². The Morgan fingerprint density at radius 2 is 1.87 bits per heavy atom. The van der Waals surface area contributed by atoms with Gasteiger partial charge in [0.1, 0.15) is 0 Å². The Kier molecular flexibility index (Phi) is 7.16. The van der Waals surface area contributed by atoms with Crippen LogP contribution in [0.2, 0.25) is 0 Å². The van der Waals surface area contributed by atoms with Gasteiger partial charge in [-0.15, -0.1) is 0 Å². The summed E-state index contributed by atoms with van der Waals surface area (Å²) in [5.41, 5.74) is 3.78. The highest BCUT2D eigenvalue weighted by Gasteiger charge is 2.53. The van der Waals surface area contributed by atoms with Gasteiger partial charge in [-0.2, -0.15) is 11.8 Å². The van der Waals surface area contributed by atoms with Crippen molar-refractivity contribution in [3.63, 3.8) is 0 Å². The number of hydrogen-bond acceptors (Lipinski definition) is 4. The van der Waals surface area contributed by atoms with Gasteiger partial charge < -0.3 is 10.1 Å². The van der Waals surface area contributed by atoms with Crippen LogP contribution in [0.1, 0.15) is 35.6 Å². The molecule has 4 nitrogen and oxygen atoms in total. The third kappa shape index (κ3) is 4.59. The molecule has 2 atom stereocenters. The second kappa shape index (κ2) is 10.0. The third-order valence-electron chi connectivity index (χ3n) is 6.75. The molecule has 2 aromatic carbocycles. The van der Waals surface area contributed by atoms with E-state index in [1.165, 1.54) is 16.7 Å². The van der Waals surface area contributed by atoms with Crippen LogP contribution >= 0.6 is 11.8 Å². The van der Waals surface area contributed by atoms with Gasteiger partial charge in [-0.05, 0) is 48.9 Å². The molecule has 1 saturated heterocycles. The average Bonchev–Trinajstić information content (AvgIpc) is 3.05. The van der Waals surface area contributed by atoms with E-state index >= 15 is 0 Å². The number of amides is 1. The molecule has 1 N–H and O–H groups in total. The monoisotopic (exact) mass is 436 g/mol. The number of piperidine rings is 1. The van der Waals surface area contributed by atoms with E-state index < -0.39 is 0 Å². The predicted molar refractivity (Wildman–Crippen MR) is 129 cm³/mol. The van der Waals surface area contributed by atoms with Gasteiger partial charge in [0.2, 0.25) is 5.91 Å². The van der Waals surface area contributed by atoms with Crippen molar-refractivity contribution in [2.24, 2.45) is 0 Å². The van der Waals surface area contributed by atoms with Crippen LogP contribution in [0.4, 0.5) is 0 Å². The van der Waals surface area contributed by atoms with Crippen molar-refractivity contribution >= 4 is 23.7 Å².